The lowest BCUT2D eigenvalue weighted by atomic mass is 9.66. The van der Waals surface area contributed by atoms with Crippen molar-refractivity contribution < 1.29 is 5.11 Å². The van der Waals surface area contributed by atoms with Crippen molar-refractivity contribution in [3.8, 4) is 0 Å². The highest BCUT2D eigenvalue weighted by Crippen LogP contribution is 2.47. The van der Waals surface area contributed by atoms with Gasteiger partial charge in [-0.3, -0.25) is 9.88 Å². The van der Waals surface area contributed by atoms with E-state index in [-0.39, 0.29) is 0 Å². The van der Waals surface area contributed by atoms with Crippen molar-refractivity contribution in [2.45, 2.75) is 50.3 Å². The quantitative estimate of drug-likeness (QED) is 0.935. The molecule has 0 amide bonds. The Morgan fingerprint density at radius 2 is 1.92 bits per heavy atom. The van der Waals surface area contributed by atoms with Crippen LogP contribution in [0.4, 0.5) is 0 Å². The molecule has 1 aliphatic heterocycles. The van der Waals surface area contributed by atoms with Gasteiger partial charge < -0.3 is 5.11 Å². The molecule has 3 atom stereocenters. The van der Waals surface area contributed by atoms with Gasteiger partial charge in [0.25, 0.3) is 0 Å². The van der Waals surface area contributed by atoms with E-state index in [2.05, 4.69) is 28.1 Å². The number of rotatable bonds is 3. The van der Waals surface area contributed by atoms with Crippen LogP contribution in [-0.4, -0.2) is 27.6 Å². The molecule has 0 radical (unpaired) electrons. The molecule has 2 fully saturated rings. The summed E-state index contributed by atoms with van der Waals surface area (Å²) in [6.45, 7) is 1.89. The fourth-order valence-corrected chi connectivity index (χ4v) is 4.78. The molecule has 1 N–H and O–H groups in total. The molecular formula is C21H26N2O. The van der Waals surface area contributed by atoms with Crippen molar-refractivity contribution in [3.63, 3.8) is 0 Å². The molecule has 3 nitrogen and oxygen atoms in total. The summed E-state index contributed by atoms with van der Waals surface area (Å²) >= 11 is 0. The van der Waals surface area contributed by atoms with E-state index in [0.29, 0.717) is 12.0 Å². The molecule has 1 aromatic heterocycles. The number of hydrogen-bond acceptors (Lipinski definition) is 3. The molecule has 24 heavy (non-hydrogen) atoms. The van der Waals surface area contributed by atoms with Gasteiger partial charge >= 0.3 is 0 Å². The summed E-state index contributed by atoms with van der Waals surface area (Å²) in [7, 11) is 0. The van der Waals surface area contributed by atoms with Gasteiger partial charge in [-0.25, -0.2) is 0 Å². The summed E-state index contributed by atoms with van der Waals surface area (Å²) in [6.07, 6.45) is 9.44. The van der Waals surface area contributed by atoms with E-state index in [4.69, 9.17) is 0 Å². The van der Waals surface area contributed by atoms with E-state index in [1.807, 2.05) is 36.7 Å². The van der Waals surface area contributed by atoms with Gasteiger partial charge in [-0.2, -0.15) is 0 Å². The first-order valence-electron chi connectivity index (χ1n) is 9.18. The Morgan fingerprint density at radius 3 is 2.71 bits per heavy atom. The molecule has 1 aromatic carbocycles. The Morgan fingerprint density at radius 1 is 1.08 bits per heavy atom. The van der Waals surface area contributed by atoms with Crippen LogP contribution in [0, 0.1) is 5.92 Å². The van der Waals surface area contributed by atoms with Crippen molar-refractivity contribution in [1.82, 2.24) is 9.88 Å². The van der Waals surface area contributed by atoms with Crippen LogP contribution < -0.4 is 0 Å². The second kappa shape index (κ2) is 6.66. The number of fused-ring (bicyclic) bond motifs is 1. The summed E-state index contributed by atoms with van der Waals surface area (Å²) in [5.41, 5.74) is 1.70. The lowest BCUT2D eigenvalue weighted by Crippen LogP contribution is -2.57. The second-order valence-corrected chi connectivity index (χ2v) is 7.33. The number of likely N-dealkylation sites (tertiary alicyclic amines) is 1. The van der Waals surface area contributed by atoms with Crippen LogP contribution in [-0.2, 0) is 12.1 Å². The first-order chi connectivity index (χ1) is 11.8. The highest BCUT2D eigenvalue weighted by atomic mass is 16.3. The SMILES string of the molecule is OC1(c2ccccc2)CCN(Cc2cccnc2)C2CCCCC21. The van der Waals surface area contributed by atoms with Crippen LogP contribution in [0.2, 0.25) is 0 Å². The third kappa shape index (κ3) is 2.87. The van der Waals surface area contributed by atoms with Gasteiger partial charge in [0.2, 0.25) is 0 Å². The highest BCUT2D eigenvalue weighted by Gasteiger charge is 2.48. The number of hydrogen-bond donors (Lipinski definition) is 1. The molecule has 2 aliphatic rings. The molecule has 126 valence electrons. The molecule has 2 heterocycles. The minimum absolute atomic E-state index is 0.332. The van der Waals surface area contributed by atoms with Gasteiger partial charge in [0.15, 0.2) is 0 Å². The standard InChI is InChI=1S/C21H26N2O/c24-21(18-8-2-1-3-9-18)12-14-23(16-17-7-6-13-22-15-17)20-11-5-4-10-19(20)21/h1-3,6-9,13,15,19-20,24H,4-5,10-12,14,16H2. The van der Waals surface area contributed by atoms with Gasteiger partial charge in [0, 0.05) is 37.4 Å². The average Bonchev–Trinajstić information content (AvgIpc) is 2.66. The van der Waals surface area contributed by atoms with Gasteiger partial charge in [-0.1, -0.05) is 49.2 Å². The summed E-state index contributed by atoms with van der Waals surface area (Å²) in [6, 6.07) is 15.0. The second-order valence-electron chi connectivity index (χ2n) is 7.33. The number of nitrogens with zero attached hydrogens (tertiary/aromatic N) is 2. The first-order valence-corrected chi connectivity index (χ1v) is 9.18. The predicted octanol–water partition coefficient (Wildman–Crippen LogP) is 3.73. The van der Waals surface area contributed by atoms with Gasteiger partial charge in [-0.05, 0) is 36.5 Å². The van der Waals surface area contributed by atoms with Crippen LogP contribution in [0.25, 0.3) is 0 Å². The van der Waals surface area contributed by atoms with Crippen molar-refractivity contribution in [1.29, 1.82) is 0 Å². The average molecular weight is 322 g/mol. The van der Waals surface area contributed by atoms with Crippen molar-refractivity contribution >= 4 is 0 Å². The third-order valence-electron chi connectivity index (χ3n) is 5.97. The zero-order valence-corrected chi connectivity index (χ0v) is 14.1. The maximum atomic E-state index is 11.6. The molecule has 0 spiro atoms. The van der Waals surface area contributed by atoms with E-state index >= 15 is 0 Å². The number of pyridine rings is 1. The summed E-state index contributed by atoms with van der Waals surface area (Å²) in [4.78, 5) is 6.84. The first kappa shape index (κ1) is 15.8. The Labute approximate surface area is 144 Å². The number of benzene rings is 1. The zero-order valence-electron chi connectivity index (χ0n) is 14.1. The topological polar surface area (TPSA) is 36.4 Å². The molecule has 4 rings (SSSR count). The van der Waals surface area contributed by atoms with E-state index < -0.39 is 5.60 Å². The normalized spacial score (nSPS) is 30.7. The maximum Gasteiger partial charge on any atom is 0.0951 e. The maximum absolute atomic E-state index is 11.6. The van der Waals surface area contributed by atoms with Crippen molar-refractivity contribution in [3.05, 3.63) is 66.0 Å². The van der Waals surface area contributed by atoms with E-state index in [0.717, 1.165) is 31.5 Å². The molecule has 3 unspecified atom stereocenters. The van der Waals surface area contributed by atoms with Crippen molar-refractivity contribution in [2.75, 3.05) is 6.54 Å². The minimum Gasteiger partial charge on any atom is -0.385 e. The fourth-order valence-electron chi connectivity index (χ4n) is 4.78. The van der Waals surface area contributed by atoms with E-state index in [1.165, 1.54) is 24.8 Å². The van der Waals surface area contributed by atoms with Gasteiger partial charge in [-0.15, -0.1) is 0 Å². The molecule has 1 saturated heterocycles. The Balaban J connectivity index is 1.60. The summed E-state index contributed by atoms with van der Waals surface area (Å²) in [5, 5.41) is 11.6. The predicted molar refractivity (Wildman–Crippen MR) is 95.3 cm³/mol. The molecular weight excluding hydrogens is 296 g/mol. The monoisotopic (exact) mass is 322 g/mol. The Bertz CT molecular complexity index is 660. The molecule has 0 bridgehead atoms. The fraction of sp³-hybridized carbons (Fsp3) is 0.476. The lowest BCUT2D eigenvalue weighted by Gasteiger charge is -2.52. The van der Waals surface area contributed by atoms with Gasteiger partial charge in [0.1, 0.15) is 0 Å². The number of aromatic nitrogens is 1. The van der Waals surface area contributed by atoms with Crippen LogP contribution in [0.1, 0.15) is 43.2 Å². The van der Waals surface area contributed by atoms with Crippen LogP contribution in [0.5, 0.6) is 0 Å². The largest absolute Gasteiger partial charge is 0.385 e. The Hall–Kier alpha value is -1.71. The van der Waals surface area contributed by atoms with Crippen LogP contribution in [0.3, 0.4) is 0 Å². The number of piperidine rings is 1. The Kier molecular flexibility index (Phi) is 4.38. The molecule has 2 aromatic rings. The van der Waals surface area contributed by atoms with Crippen LogP contribution in [0.15, 0.2) is 54.9 Å². The third-order valence-corrected chi connectivity index (χ3v) is 5.97. The molecule has 1 saturated carbocycles. The molecule has 3 heteroatoms. The highest BCUT2D eigenvalue weighted by molar-refractivity contribution is 5.25. The zero-order chi connectivity index (χ0) is 16.4. The number of aliphatic hydroxyl groups is 1. The van der Waals surface area contributed by atoms with E-state index in [9.17, 15) is 5.11 Å². The summed E-state index contributed by atoms with van der Waals surface area (Å²) < 4.78 is 0. The van der Waals surface area contributed by atoms with Crippen molar-refractivity contribution in [2.24, 2.45) is 5.92 Å². The molecule has 1 aliphatic carbocycles. The van der Waals surface area contributed by atoms with Gasteiger partial charge in [0.05, 0.1) is 5.60 Å². The smallest absolute Gasteiger partial charge is 0.0951 e. The minimum atomic E-state index is -0.669. The summed E-state index contributed by atoms with van der Waals surface area (Å²) in [5.74, 6) is 0.332. The lowest BCUT2D eigenvalue weighted by molar-refractivity contribution is -0.123. The van der Waals surface area contributed by atoms with E-state index in [1.54, 1.807) is 0 Å². The van der Waals surface area contributed by atoms with Crippen LogP contribution >= 0.6 is 0 Å².